The van der Waals surface area contributed by atoms with Crippen molar-refractivity contribution in [3.63, 3.8) is 0 Å². The van der Waals surface area contributed by atoms with E-state index in [-0.39, 0.29) is 17.6 Å². The molecule has 0 atom stereocenters. The number of carbonyl (C=O) groups is 2. The molecule has 8 heteroatoms. The van der Waals surface area contributed by atoms with Crippen molar-refractivity contribution in [1.82, 2.24) is 9.38 Å². The Bertz CT molecular complexity index is 1160. The third-order valence-corrected chi connectivity index (χ3v) is 4.84. The molecule has 0 aliphatic heterocycles. The molecule has 0 bridgehead atoms. The van der Waals surface area contributed by atoms with E-state index in [9.17, 15) is 14.0 Å². The second-order valence-electron chi connectivity index (χ2n) is 6.08. The number of amides is 2. The van der Waals surface area contributed by atoms with Crippen molar-refractivity contribution < 1.29 is 14.0 Å². The third kappa shape index (κ3) is 3.49. The molecule has 140 valence electrons. The first-order valence-electron chi connectivity index (χ1n) is 8.42. The van der Waals surface area contributed by atoms with E-state index >= 15 is 0 Å². The molecule has 0 fully saturated rings. The molecule has 2 heterocycles. The lowest BCUT2D eigenvalue weighted by molar-refractivity contribution is -0.114. The van der Waals surface area contributed by atoms with E-state index < -0.39 is 0 Å². The summed E-state index contributed by atoms with van der Waals surface area (Å²) in [7, 11) is 0. The molecule has 6 nitrogen and oxygen atoms in total. The normalized spacial score (nSPS) is 10.8. The smallest absolute Gasteiger partial charge is 0.256 e. The highest BCUT2D eigenvalue weighted by Crippen LogP contribution is 2.31. The highest BCUT2D eigenvalue weighted by molar-refractivity contribution is 7.15. The zero-order chi connectivity index (χ0) is 19.7. The second-order valence-corrected chi connectivity index (χ2v) is 6.96. The van der Waals surface area contributed by atoms with Gasteiger partial charge in [0.05, 0.1) is 0 Å². The Hall–Kier alpha value is -3.52. The SMILES string of the molecule is CC(=O)Nc1ccc(C(=O)Nc2c(-c3ccc(F)cc3)nc3sccn23)cc1. The number of imidazole rings is 1. The standard InChI is InChI=1S/C20H15FN4O2S/c1-12(26)22-16-8-4-14(5-9-16)19(27)24-18-17(13-2-6-15(21)7-3-13)23-20-25(18)10-11-28-20/h2-11H,1H3,(H,22,26)(H,24,27). The predicted octanol–water partition coefficient (Wildman–Crippen LogP) is 4.41. The van der Waals surface area contributed by atoms with Gasteiger partial charge in [0.15, 0.2) is 4.96 Å². The first kappa shape index (κ1) is 17.9. The van der Waals surface area contributed by atoms with E-state index in [0.717, 1.165) is 4.96 Å². The number of nitrogens with one attached hydrogen (secondary N) is 2. The molecule has 0 aliphatic carbocycles. The van der Waals surface area contributed by atoms with Gasteiger partial charge in [0.25, 0.3) is 5.91 Å². The number of fused-ring (bicyclic) bond motifs is 1. The van der Waals surface area contributed by atoms with Crippen molar-refractivity contribution in [3.05, 3.63) is 71.5 Å². The lowest BCUT2D eigenvalue weighted by Crippen LogP contribution is -2.14. The van der Waals surface area contributed by atoms with E-state index in [1.165, 1.54) is 30.4 Å². The second kappa shape index (κ2) is 7.24. The van der Waals surface area contributed by atoms with Crippen LogP contribution in [0.4, 0.5) is 15.9 Å². The van der Waals surface area contributed by atoms with Crippen molar-refractivity contribution in [2.45, 2.75) is 6.92 Å². The number of hydrogen-bond donors (Lipinski definition) is 2. The molecule has 0 unspecified atom stereocenters. The van der Waals surface area contributed by atoms with Crippen LogP contribution in [0.1, 0.15) is 17.3 Å². The van der Waals surface area contributed by atoms with Crippen LogP contribution in [0.15, 0.2) is 60.1 Å². The molecule has 2 aromatic carbocycles. The first-order chi connectivity index (χ1) is 13.5. The van der Waals surface area contributed by atoms with Gasteiger partial charge in [-0.25, -0.2) is 9.37 Å². The molecule has 0 spiro atoms. The number of benzene rings is 2. The number of nitrogens with zero attached hydrogens (tertiary/aromatic N) is 2. The Kier molecular flexibility index (Phi) is 4.62. The molecular weight excluding hydrogens is 379 g/mol. The molecule has 2 amide bonds. The molecule has 2 aromatic heterocycles. The van der Waals surface area contributed by atoms with Crippen LogP contribution in [0.5, 0.6) is 0 Å². The summed E-state index contributed by atoms with van der Waals surface area (Å²) in [5, 5.41) is 7.42. The van der Waals surface area contributed by atoms with Crippen LogP contribution in [-0.4, -0.2) is 21.2 Å². The monoisotopic (exact) mass is 394 g/mol. The fourth-order valence-corrected chi connectivity index (χ4v) is 3.52. The minimum Gasteiger partial charge on any atom is -0.326 e. The molecule has 2 N–H and O–H groups in total. The Morgan fingerprint density at radius 3 is 2.43 bits per heavy atom. The summed E-state index contributed by atoms with van der Waals surface area (Å²) in [5.41, 5.74) is 2.31. The summed E-state index contributed by atoms with van der Waals surface area (Å²) in [6.07, 6.45) is 1.81. The summed E-state index contributed by atoms with van der Waals surface area (Å²) in [6, 6.07) is 12.5. The number of carbonyl (C=O) groups excluding carboxylic acids is 2. The number of halogens is 1. The quantitative estimate of drug-likeness (QED) is 0.538. The van der Waals surface area contributed by atoms with Gasteiger partial charge in [0, 0.05) is 35.3 Å². The van der Waals surface area contributed by atoms with Crippen LogP contribution in [-0.2, 0) is 4.79 Å². The van der Waals surface area contributed by atoms with Gasteiger partial charge >= 0.3 is 0 Å². The maximum absolute atomic E-state index is 13.3. The van der Waals surface area contributed by atoms with Crippen molar-refractivity contribution in [2.24, 2.45) is 0 Å². The Morgan fingerprint density at radius 2 is 1.75 bits per heavy atom. The van der Waals surface area contributed by atoms with Gasteiger partial charge in [-0.3, -0.25) is 14.0 Å². The minimum absolute atomic E-state index is 0.180. The molecule has 0 saturated heterocycles. The fraction of sp³-hybridized carbons (Fsp3) is 0.0500. The number of hydrogen-bond acceptors (Lipinski definition) is 4. The summed E-state index contributed by atoms with van der Waals surface area (Å²) >= 11 is 1.44. The van der Waals surface area contributed by atoms with Crippen molar-refractivity contribution >= 4 is 39.6 Å². The van der Waals surface area contributed by atoms with E-state index in [0.29, 0.717) is 28.3 Å². The van der Waals surface area contributed by atoms with Gasteiger partial charge < -0.3 is 10.6 Å². The predicted molar refractivity (Wildman–Crippen MR) is 107 cm³/mol. The molecule has 0 radical (unpaired) electrons. The zero-order valence-electron chi connectivity index (χ0n) is 14.8. The number of rotatable bonds is 4. The lowest BCUT2D eigenvalue weighted by Gasteiger charge is -2.08. The number of anilines is 2. The summed E-state index contributed by atoms with van der Waals surface area (Å²) in [5.74, 6) is -0.320. The zero-order valence-corrected chi connectivity index (χ0v) is 15.6. The van der Waals surface area contributed by atoms with Crippen LogP contribution in [0.2, 0.25) is 0 Å². The largest absolute Gasteiger partial charge is 0.326 e. The number of aromatic nitrogens is 2. The summed E-state index contributed by atoms with van der Waals surface area (Å²) in [4.78, 5) is 29.1. The van der Waals surface area contributed by atoms with Crippen LogP contribution < -0.4 is 10.6 Å². The van der Waals surface area contributed by atoms with Gasteiger partial charge in [-0.15, -0.1) is 11.3 Å². The van der Waals surface area contributed by atoms with Gasteiger partial charge in [-0.05, 0) is 48.5 Å². The molecular formula is C20H15FN4O2S. The van der Waals surface area contributed by atoms with E-state index in [1.807, 2.05) is 11.6 Å². The van der Waals surface area contributed by atoms with Gasteiger partial charge in [0.1, 0.15) is 17.3 Å². The lowest BCUT2D eigenvalue weighted by atomic mass is 10.1. The van der Waals surface area contributed by atoms with Crippen LogP contribution in [0, 0.1) is 5.82 Å². The maximum atomic E-state index is 13.3. The highest BCUT2D eigenvalue weighted by atomic mass is 32.1. The van der Waals surface area contributed by atoms with Crippen LogP contribution in [0.3, 0.4) is 0 Å². The van der Waals surface area contributed by atoms with Crippen molar-refractivity contribution in [1.29, 1.82) is 0 Å². The van der Waals surface area contributed by atoms with Gasteiger partial charge in [-0.2, -0.15) is 0 Å². The number of thiazole rings is 1. The summed E-state index contributed by atoms with van der Waals surface area (Å²) < 4.78 is 15.1. The van der Waals surface area contributed by atoms with Crippen LogP contribution in [0.25, 0.3) is 16.2 Å². The fourth-order valence-electron chi connectivity index (χ4n) is 2.80. The minimum atomic E-state index is -0.338. The average Bonchev–Trinajstić information content (AvgIpc) is 3.25. The molecule has 0 saturated carbocycles. The topological polar surface area (TPSA) is 75.5 Å². The average molecular weight is 394 g/mol. The molecule has 4 aromatic rings. The Balaban J connectivity index is 1.66. The molecule has 0 aliphatic rings. The van der Waals surface area contributed by atoms with Crippen molar-refractivity contribution in [2.75, 3.05) is 10.6 Å². The van der Waals surface area contributed by atoms with E-state index in [2.05, 4.69) is 15.6 Å². The Labute approximate surface area is 163 Å². The maximum Gasteiger partial charge on any atom is 0.256 e. The highest BCUT2D eigenvalue weighted by Gasteiger charge is 2.18. The van der Waals surface area contributed by atoms with Crippen molar-refractivity contribution in [3.8, 4) is 11.3 Å². The van der Waals surface area contributed by atoms with E-state index in [1.54, 1.807) is 40.8 Å². The summed E-state index contributed by atoms with van der Waals surface area (Å²) in [6.45, 7) is 1.42. The van der Waals surface area contributed by atoms with Gasteiger partial charge in [-0.1, -0.05) is 0 Å². The molecule has 4 rings (SSSR count). The van der Waals surface area contributed by atoms with Gasteiger partial charge in [0.2, 0.25) is 5.91 Å². The molecule has 28 heavy (non-hydrogen) atoms. The van der Waals surface area contributed by atoms with E-state index in [4.69, 9.17) is 0 Å². The Morgan fingerprint density at radius 1 is 1.04 bits per heavy atom. The third-order valence-electron chi connectivity index (χ3n) is 4.08. The first-order valence-corrected chi connectivity index (χ1v) is 9.30. The van der Waals surface area contributed by atoms with Crippen LogP contribution >= 0.6 is 11.3 Å².